The summed E-state index contributed by atoms with van der Waals surface area (Å²) in [5.41, 5.74) is 8.76. The van der Waals surface area contributed by atoms with Crippen molar-refractivity contribution >= 4 is 11.6 Å². The first-order valence-corrected chi connectivity index (χ1v) is 10.4. The van der Waals surface area contributed by atoms with Gasteiger partial charge in [-0.05, 0) is 48.4 Å². The monoisotopic (exact) mass is 448 g/mol. The molecule has 0 aromatic heterocycles. The van der Waals surface area contributed by atoms with Crippen LogP contribution in [0.5, 0.6) is 23.0 Å². The zero-order chi connectivity index (χ0) is 22.7. The first-order chi connectivity index (χ1) is 15.5. The topological polar surface area (TPSA) is 97.7 Å². The van der Waals surface area contributed by atoms with E-state index in [9.17, 15) is 10.4 Å². The maximum atomic E-state index is 9.83. The Kier molecular flexibility index (Phi) is 6.11. The van der Waals surface area contributed by atoms with Gasteiger partial charge in [0.05, 0.1) is 12.5 Å². The van der Waals surface area contributed by atoms with Crippen molar-refractivity contribution in [2.75, 3.05) is 6.61 Å². The Labute approximate surface area is 191 Å². The second-order valence-electron chi connectivity index (χ2n) is 7.20. The summed E-state index contributed by atoms with van der Waals surface area (Å²) in [6.07, 6.45) is 0. The summed E-state index contributed by atoms with van der Waals surface area (Å²) < 4.78 is 17.4. The van der Waals surface area contributed by atoms with Crippen LogP contribution in [0.25, 0.3) is 0 Å². The Bertz CT molecular complexity index is 1230. The largest absolute Gasteiger partial charge is 0.508 e. The van der Waals surface area contributed by atoms with Crippen molar-refractivity contribution in [2.45, 2.75) is 19.4 Å². The number of nitrogens with two attached hydrogens (primary N) is 1. The van der Waals surface area contributed by atoms with E-state index >= 15 is 0 Å². The smallest absolute Gasteiger partial charge is 0.205 e. The number of hydrogen-bond acceptors (Lipinski definition) is 6. The number of rotatable bonds is 6. The number of aromatic hydroxyl groups is 1. The summed E-state index contributed by atoms with van der Waals surface area (Å²) in [5, 5.41) is 20.2. The number of hydrogen-bond donors (Lipinski definition) is 2. The van der Waals surface area contributed by atoms with Crippen LogP contribution in [-0.2, 0) is 6.61 Å². The minimum Gasteiger partial charge on any atom is -0.508 e. The number of benzene rings is 3. The normalized spacial score (nSPS) is 14.8. The molecule has 0 bridgehead atoms. The van der Waals surface area contributed by atoms with Gasteiger partial charge in [0, 0.05) is 16.7 Å². The molecule has 7 heteroatoms. The van der Waals surface area contributed by atoms with Gasteiger partial charge in [-0.1, -0.05) is 35.9 Å². The lowest BCUT2D eigenvalue weighted by Gasteiger charge is -2.27. The predicted molar refractivity (Wildman–Crippen MR) is 121 cm³/mol. The molecule has 0 radical (unpaired) electrons. The molecule has 1 aliphatic rings. The van der Waals surface area contributed by atoms with Gasteiger partial charge in [0.25, 0.3) is 0 Å². The quantitative estimate of drug-likeness (QED) is 0.535. The third kappa shape index (κ3) is 4.29. The minimum absolute atomic E-state index is 0.00911. The summed E-state index contributed by atoms with van der Waals surface area (Å²) in [6.45, 7) is 2.66. The van der Waals surface area contributed by atoms with Crippen LogP contribution in [0.15, 0.2) is 72.1 Å². The Morgan fingerprint density at radius 2 is 1.94 bits per heavy atom. The summed E-state index contributed by atoms with van der Waals surface area (Å²) in [7, 11) is 0. The van der Waals surface area contributed by atoms with Crippen LogP contribution in [0.3, 0.4) is 0 Å². The molecule has 1 aliphatic heterocycles. The molecule has 0 amide bonds. The van der Waals surface area contributed by atoms with Crippen molar-refractivity contribution in [3.05, 3.63) is 93.8 Å². The highest BCUT2D eigenvalue weighted by Crippen LogP contribution is 2.45. The van der Waals surface area contributed by atoms with E-state index in [0.29, 0.717) is 41.1 Å². The Morgan fingerprint density at radius 3 is 2.69 bits per heavy atom. The number of phenols is 1. The fraction of sp³-hybridized carbons (Fsp3) is 0.160. The highest BCUT2D eigenvalue weighted by atomic mass is 35.5. The molecule has 6 nitrogen and oxygen atoms in total. The average molecular weight is 449 g/mol. The third-order valence-corrected chi connectivity index (χ3v) is 5.32. The molecular formula is C25H21ClN2O4. The number of phenolic OH excluding ortho intramolecular Hbond substituents is 1. The van der Waals surface area contributed by atoms with Gasteiger partial charge in [-0.3, -0.25) is 0 Å². The molecule has 0 fully saturated rings. The van der Waals surface area contributed by atoms with E-state index in [1.807, 2.05) is 49.4 Å². The van der Waals surface area contributed by atoms with Crippen molar-refractivity contribution in [2.24, 2.45) is 5.73 Å². The van der Waals surface area contributed by atoms with Crippen LogP contribution < -0.4 is 19.9 Å². The fourth-order valence-electron chi connectivity index (χ4n) is 3.67. The molecule has 0 spiro atoms. The van der Waals surface area contributed by atoms with E-state index in [-0.39, 0.29) is 11.6 Å². The van der Waals surface area contributed by atoms with Crippen LogP contribution in [0.2, 0.25) is 5.02 Å². The van der Waals surface area contributed by atoms with Gasteiger partial charge in [-0.15, -0.1) is 0 Å². The molecule has 3 aromatic rings. The predicted octanol–water partition coefficient (Wildman–Crippen LogP) is 5.24. The van der Waals surface area contributed by atoms with Crippen molar-refractivity contribution in [3.8, 4) is 29.1 Å². The van der Waals surface area contributed by atoms with Crippen LogP contribution in [0, 0.1) is 11.3 Å². The average Bonchev–Trinajstić information content (AvgIpc) is 2.77. The molecule has 162 valence electrons. The maximum Gasteiger partial charge on any atom is 0.205 e. The van der Waals surface area contributed by atoms with Gasteiger partial charge in [-0.25, -0.2) is 0 Å². The number of nitrogens with zero attached hydrogens (tertiary/aromatic N) is 1. The molecule has 1 heterocycles. The van der Waals surface area contributed by atoms with E-state index in [4.69, 9.17) is 31.5 Å². The maximum absolute atomic E-state index is 9.83. The summed E-state index contributed by atoms with van der Waals surface area (Å²) >= 11 is 6.06. The molecule has 3 N–H and O–H groups in total. The molecule has 1 atom stereocenters. The van der Waals surface area contributed by atoms with Gasteiger partial charge < -0.3 is 25.1 Å². The Hall–Kier alpha value is -3.82. The molecule has 0 saturated heterocycles. The van der Waals surface area contributed by atoms with Crippen LogP contribution in [-0.4, -0.2) is 11.7 Å². The molecule has 0 saturated carbocycles. The van der Waals surface area contributed by atoms with E-state index in [1.165, 1.54) is 6.07 Å². The summed E-state index contributed by atoms with van der Waals surface area (Å²) in [6, 6.07) is 19.9. The number of fused-ring (bicyclic) bond motifs is 1. The fourth-order valence-corrected chi connectivity index (χ4v) is 3.88. The first-order valence-electron chi connectivity index (χ1n) is 10.0. The lowest BCUT2D eigenvalue weighted by molar-refractivity contribution is 0.269. The highest BCUT2D eigenvalue weighted by molar-refractivity contribution is 6.30. The SMILES string of the molecule is CCOc1cc([C@@H]2C(C#N)=C(N)Oc3cc(O)ccc32)ccc1OCc1cccc(Cl)c1. The van der Waals surface area contributed by atoms with E-state index in [1.54, 1.807) is 12.1 Å². The molecule has 0 aliphatic carbocycles. The minimum atomic E-state index is -0.467. The van der Waals surface area contributed by atoms with Crippen LogP contribution >= 0.6 is 11.6 Å². The zero-order valence-electron chi connectivity index (χ0n) is 17.3. The number of halogens is 1. The van der Waals surface area contributed by atoms with Crippen molar-refractivity contribution in [3.63, 3.8) is 0 Å². The first kappa shape index (κ1) is 21.4. The van der Waals surface area contributed by atoms with E-state index in [0.717, 1.165) is 16.7 Å². The van der Waals surface area contributed by atoms with Gasteiger partial charge >= 0.3 is 0 Å². The molecule has 0 unspecified atom stereocenters. The van der Waals surface area contributed by atoms with Crippen LogP contribution in [0.4, 0.5) is 0 Å². The third-order valence-electron chi connectivity index (χ3n) is 5.09. The van der Waals surface area contributed by atoms with Crippen LogP contribution in [0.1, 0.15) is 29.5 Å². The Balaban J connectivity index is 1.71. The highest BCUT2D eigenvalue weighted by Gasteiger charge is 2.31. The lowest BCUT2D eigenvalue weighted by Crippen LogP contribution is -2.21. The second kappa shape index (κ2) is 9.13. The lowest BCUT2D eigenvalue weighted by atomic mass is 9.83. The van der Waals surface area contributed by atoms with Crippen molar-refractivity contribution in [1.29, 1.82) is 5.26 Å². The molecular weight excluding hydrogens is 428 g/mol. The summed E-state index contributed by atoms with van der Waals surface area (Å²) in [4.78, 5) is 0. The van der Waals surface area contributed by atoms with Gasteiger partial charge in [0.1, 0.15) is 29.7 Å². The molecule has 32 heavy (non-hydrogen) atoms. The number of allylic oxidation sites excluding steroid dienone is 1. The van der Waals surface area contributed by atoms with Crippen molar-refractivity contribution < 1.29 is 19.3 Å². The number of ether oxygens (including phenoxy) is 3. The zero-order valence-corrected chi connectivity index (χ0v) is 18.1. The van der Waals surface area contributed by atoms with Crippen molar-refractivity contribution in [1.82, 2.24) is 0 Å². The van der Waals surface area contributed by atoms with E-state index in [2.05, 4.69) is 6.07 Å². The van der Waals surface area contributed by atoms with Gasteiger partial charge in [0.2, 0.25) is 5.88 Å². The van der Waals surface area contributed by atoms with Gasteiger partial charge in [-0.2, -0.15) is 5.26 Å². The standard InChI is InChI=1S/C25H21ClN2O4/c1-2-30-23-11-16(6-9-21(23)31-14-15-4-3-5-17(26)10-15)24-19-8-7-18(29)12-22(19)32-25(28)20(24)13-27/h3-12,24,29H,2,14,28H2,1H3/t24-/m0/s1. The molecule has 4 rings (SSSR count). The second-order valence-corrected chi connectivity index (χ2v) is 7.64. The van der Waals surface area contributed by atoms with Gasteiger partial charge in [0.15, 0.2) is 11.5 Å². The summed E-state index contributed by atoms with van der Waals surface area (Å²) in [5.74, 6) is 1.13. The number of nitriles is 1. The molecule has 3 aromatic carbocycles. The Morgan fingerprint density at radius 1 is 1.09 bits per heavy atom. The van der Waals surface area contributed by atoms with E-state index < -0.39 is 5.92 Å².